The van der Waals surface area contributed by atoms with Crippen LogP contribution < -0.4 is 5.32 Å². The summed E-state index contributed by atoms with van der Waals surface area (Å²) in [5, 5.41) is 3.95. The summed E-state index contributed by atoms with van der Waals surface area (Å²) in [5.41, 5.74) is 1.13. The Morgan fingerprint density at radius 2 is 1.77 bits per heavy atom. The summed E-state index contributed by atoms with van der Waals surface area (Å²) in [5.74, 6) is -1.65. The lowest BCUT2D eigenvalue weighted by Gasteiger charge is -2.51. The number of nitrogens with zero attached hydrogens (tertiary/aromatic N) is 1. The molecule has 4 unspecified atom stereocenters. The van der Waals surface area contributed by atoms with Crippen LogP contribution in [0.25, 0.3) is 0 Å². The van der Waals surface area contributed by atoms with Gasteiger partial charge in [0.15, 0.2) is 0 Å². The van der Waals surface area contributed by atoms with E-state index in [4.69, 9.17) is 32.7 Å². The van der Waals surface area contributed by atoms with Crippen molar-refractivity contribution in [2.75, 3.05) is 19.0 Å². The average Bonchev–Trinajstić information content (AvgIpc) is 3.14. The number of benzene rings is 2. The van der Waals surface area contributed by atoms with Gasteiger partial charge in [-0.3, -0.25) is 14.4 Å². The molecular formula is C33H44Cl2N2O5Si. The molecule has 43 heavy (non-hydrogen) atoms. The van der Waals surface area contributed by atoms with Crippen molar-refractivity contribution in [3.63, 3.8) is 0 Å². The van der Waals surface area contributed by atoms with Gasteiger partial charge < -0.3 is 19.7 Å². The molecule has 2 aromatic rings. The van der Waals surface area contributed by atoms with Crippen LogP contribution in [0.3, 0.4) is 0 Å². The maximum Gasteiger partial charge on any atom is 0.326 e. The van der Waals surface area contributed by atoms with Gasteiger partial charge in [-0.15, -0.1) is 0 Å². The lowest BCUT2D eigenvalue weighted by molar-refractivity contribution is -0.163. The zero-order chi connectivity index (χ0) is 32.5. The minimum atomic E-state index is -1.24. The first-order valence-electron chi connectivity index (χ1n) is 14.4. The van der Waals surface area contributed by atoms with E-state index in [1.807, 2.05) is 12.1 Å². The summed E-state index contributed by atoms with van der Waals surface area (Å²) in [4.78, 5) is 41.8. The molecule has 0 saturated carbocycles. The van der Waals surface area contributed by atoms with E-state index in [9.17, 15) is 14.4 Å². The third kappa shape index (κ3) is 7.53. The van der Waals surface area contributed by atoms with Crippen LogP contribution >= 0.6 is 23.2 Å². The highest BCUT2D eigenvalue weighted by Gasteiger charge is 2.63. The molecule has 0 aromatic heterocycles. The molecule has 2 amide bonds. The molecule has 2 aromatic carbocycles. The number of piperidine rings is 1. The molecule has 2 aliphatic rings. The maximum atomic E-state index is 14.0. The Morgan fingerprint density at radius 3 is 2.28 bits per heavy atom. The van der Waals surface area contributed by atoms with E-state index >= 15 is 0 Å². The summed E-state index contributed by atoms with van der Waals surface area (Å²) in [6.45, 7) is 20.0. The number of halogens is 2. The molecule has 1 spiro atoms. The molecule has 0 radical (unpaired) electrons. The summed E-state index contributed by atoms with van der Waals surface area (Å²) in [7, 11) is 0.798. The molecule has 0 aliphatic carbocycles. The Morgan fingerprint density at radius 1 is 1.14 bits per heavy atom. The third-order valence-electron chi connectivity index (χ3n) is 8.05. The fourth-order valence-electron chi connectivity index (χ4n) is 5.78. The first-order valence-corrected chi connectivity index (χ1v) is 18.7. The lowest BCUT2D eigenvalue weighted by atomic mass is 9.58. The van der Waals surface area contributed by atoms with Gasteiger partial charge in [0.25, 0.3) is 0 Å². The van der Waals surface area contributed by atoms with Crippen LogP contribution in [0, 0.1) is 0 Å². The first kappa shape index (κ1) is 34.8. The highest BCUT2D eigenvalue weighted by atomic mass is 35.5. The third-order valence-corrected chi connectivity index (χ3v) is 11.2. The van der Waals surface area contributed by atoms with Gasteiger partial charge in [-0.1, -0.05) is 73.2 Å². The Kier molecular flexibility index (Phi) is 10.6. The van der Waals surface area contributed by atoms with E-state index in [-0.39, 0.29) is 24.8 Å². The van der Waals surface area contributed by atoms with Crippen LogP contribution in [0.4, 0.5) is 5.69 Å². The van der Waals surface area contributed by atoms with Crippen LogP contribution in [0.15, 0.2) is 54.6 Å². The maximum absolute atomic E-state index is 14.0. The second kappa shape index (κ2) is 13.1. The van der Waals surface area contributed by atoms with E-state index in [2.05, 4.69) is 38.5 Å². The predicted octanol–water partition coefficient (Wildman–Crippen LogP) is 7.38. The summed E-state index contributed by atoms with van der Waals surface area (Å²) >= 11 is 12.6. The topological polar surface area (TPSA) is 84.9 Å². The number of nitrogens with one attached hydrogen (secondary N) is 1. The number of methoxy groups -OCH3 is 1. The number of rotatable bonds is 6. The average molecular weight is 648 g/mol. The number of likely N-dealkylation sites (tertiary alicyclic amines) is 1. The largest absolute Gasteiger partial charge is 0.459 e. The summed E-state index contributed by atoms with van der Waals surface area (Å²) in [6.07, 6.45) is 0.00239. The van der Waals surface area contributed by atoms with Gasteiger partial charge in [-0.25, -0.2) is 0 Å². The minimum Gasteiger partial charge on any atom is -0.459 e. The van der Waals surface area contributed by atoms with Gasteiger partial charge in [0.1, 0.15) is 17.6 Å². The minimum absolute atomic E-state index is 0.00239. The highest BCUT2D eigenvalue weighted by molar-refractivity contribution is 6.77. The van der Waals surface area contributed by atoms with Gasteiger partial charge in [0.2, 0.25) is 11.8 Å². The zero-order valence-electron chi connectivity index (χ0n) is 26.6. The quantitative estimate of drug-likeness (QED) is 0.201. The first-order chi connectivity index (χ1) is 19.8. The van der Waals surface area contributed by atoms with Crippen molar-refractivity contribution in [2.45, 2.75) is 89.4 Å². The Labute approximate surface area is 266 Å². The van der Waals surface area contributed by atoms with Crippen LogP contribution in [0.1, 0.15) is 58.1 Å². The van der Waals surface area contributed by atoms with Crippen molar-refractivity contribution >= 4 is 54.7 Å². The zero-order valence-corrected chi connectivity index (χ0v) is 29.2. The lowest BCUT2D eigenvalue weighted by Crippen LogP contribution is -2.64. The van der Waals surface area contributed by atoms with E-state index in [0.717, 1.165) is 5.56 Å². The van der Waals surface area contributed by atoms with E-state index < -0.39 is 37.0 Å². The molecule has 0 bridgehead atoms. The summed E-state index contributed by atoms with van der Waals surface area (Å²) in [6, 6.07) is 11.6. The Bertz CT molecular complexity index is 1400. The monoisotopic (exact) mass is 646 g/mol. The standard InChI is InChI=1S/C27H28Cl2N2O4.C6H16OSi/c1-15(2)24-27(19-10-9-18(29)12-21(19)30-25(27)34)20(16-7-6-8-17(28)11-16)13-22(32)31(24)14-23(33)35-26(3,4)5;1-6(7-2)8(3,4)5/h6-12,20,24H,1,13-14H2,2-5H3,(H,30,34);6H,1-5H3. The van der Waals surface area contributed by atoms with Crippen molar-refractivity contribution in [1.29, 1.82) is 0 Å². The number of carbonyl (C=O) groups is 3. The Balaban J connectivity index is 0.000000557. The van der Waals surface area contributed by atoms with E-state index in [0.29, 0.717) is 32.6 Å². The van der Waals surface area contributed by atoms with Crippen molar-refractivity contribution < 1.29 is 23.9 Å². The normalized spacial score (nSPS) is 22.3. The van der Waals surface area contributed by atoms with E-state index in [1.54, 1.807) is 65.1 Å². The number of fused-ring (bicyclic) bond motifs is 2. The van der Waals surface area contributed by atoms with Crippen molar-refractivity contribution in [1.82, 2.24) is 4.90 Å². The molecule has 1 saturated heterocycles. The number of anilines is 1. The summed E-state index contributed by atoms with van der Waals surface area (Å²) < 4.78 is 10.7. The molecule has 1 fully saturated rings. The number of amides is 2. The fraction of sp³-hybridized carbons (Fsp3) is 0.485. The molecule has 2 heterocycles. The van der Waals surface area contributed by atoms with Crippen LogP contribution in [-0.2, 0) is 29.3 Å². The molecule has 1 N–H and O–H groups in total. The molecular weight excluding hydrogens is 603 g/mol. The number of ether oxygens (including phenoxy) is 2. The van der Waals surface area contributed by atoms with Crippen molar-refractivity contribution in [2.24, 2.45) is 0 Å². The predicted molar refractivity (Wildman–Crippen MR) is 177 cm³/mol. The molecule has 2 aliphatic heterocycles. The molecule has 7 nitrogen and oxygen atoms in total. The Hall–Kier alpha value is -2.65. The van der Waals surface area contributed by atoms with Gasteiger partial charge in [-0.2, -0.15) is 0 Å². The SMILES string of the molecule is C=C(C)C1N(CC(=O)OC(C)(C)C)C(=O)CC(c2cccc(Cl)c2)C12C(=O)Nc1cc(Cl)ccc12.COC(C)[Si](C)(C)C. The van der Waals surface area contributed by atoms with Crippen LogP contribution in [-0.4, -0.2) is 61.8 Å². The second-order valence-corrected chi connectivity index (χ2v) is 19.8. The van der Waals surface area contributed by atoms with E-state index in [1.165, 1.54) is 4.90 Å². The van der Waals surface area contributed by atoms with Gasteiger partial charge in [-0.05, 0) is 70.0 Å². The smallest absolute Gasteiger partial charge is 0.326 e. The van der Waals surface area contributed by atoms with Crippen LogP contribution in [0.5, 0.6) is 0 Å². The number of carbonyl (C=O) groups excluding carboxylic acids is 3. The van der Waals surface area contributed by atoms with Crippen molar-refractivity contribution in [3.8, 4) is 0 Å². The number of hydrogen-bond donors (Lipinski definition) is 1. The number of esters is 1. The number of hydrogen-bond acceptors (Lipinski definition) is 5. The highest BCUT2D eigenvalue weighted by Crippen LogP contribution is 2.56. The van der Waals surface area contributed by atoms with Gasteiger partial charge in [0.05, 0.1) is 14.1 Å². The molecule has 4 rings (SSSR count). The molecule has 4 atom stereocenters. The molecule has 10 heteroatoms. The van der Waals surface area contributed by atoms with Gasteiger partial charge >= 0.3 is 5.97 Å². The van der Waals surface area contributed by atoms with Crippen LogP contribution in [0.2, 0.25) is 29.7 Å². The van der Waals surface area contributed by atoms with Gasteiger partial charge in [0, 0.05) is 40.9 Å². The van der Waals surface area contributed by atoms with Crippen molar-refractivity contribution in [3.05, 3.63) is 75.8 Å². The fourth-order valence-corrected chi connectivity index (χ4v) is 6.86. The molecule has 234 valence electrons. The second-order valence-electron chi connectivity index (χ2n) is 13.4.